The first-order valence-electron chi connectivity index (χ1n) is 10.3. The van der Waals surface area contributed by atoms with E-state index in [4.69, 9.17) is 11.6 Å². The maximum Gasteiger partial charge on any atom is 0.293 e. The van der Waals surface area contributed by atoms with Gasteiger partial charge in [0.2, 0.25) is 0 Å². The van der Waals surface area contributed by atoms with Crippen molar-refractivity contribution in [1.29, 1.82) is 0 Å². The molecule has 2 aromatic rings. The third kappa shape index (κ3) is 5.02. The van der Waals surface area contributed by atoms with Crippen LogP contribution < -0.4 is 0 Å². The Morgan fingerprint density at radius 2 is 1.59 bits per heavy atom. The molecular weight excluding hydrogens is 449 g/mol. The van der Waals surface area contributed by atoms with Crippen molar-refractivity contribution in [3.05, 3.63) is 68.3 Å². The summed E-state index contributed by atoms with van der Waals surface area (Å²) in [6.45, 7) is 12.0. The zero-order chi connectivity index (χ0) is 24.0. The van der Waals surface area contributed by atoms with Gasteiger partial charge < -0.3 is 5.11 Å². The first kappa shape index (κ1) is 24.3. The van der Waals surface area contributed by atoms with Crippen LogP contribution in [0.25, 0.3) is 6.08 Å². The lowest BCUT2D eigenvalue weighted by molar-refractivity contribution is -0.123. The zero-order valence-electron chi connectivity index (χ0n) is 19.0. The summed E-state index contributed by atoms with van der Waals surface area (Å²) in [7, 11) is 0. The lowest BCUT2D eigenvalue weighted by Crippen LogP contribution is -2.27. The first-order chi connectivity index (χ1) is 14.7. The van der Waals surface area contributed by atoms with Gasteiger partial charge in [-0.05, 0) is 64.1 Å². The Hall–Kier alpha value is -2.31. The number of amides is 2. The van der Waals surface area contributed by atoms with E-state index in [1.807, 2.05) is 53.7 Å². The molecule has 1 fully saturated rings. The number of hydrogen-bond donors (Lipinski definition) is 1. The molecular formula is C25H27ClFNO3S. The van der Waals surface area contributed by atoms with Crippen LogP contribution in [0.3, 0.4) is 0 Å². The fourth-order valence-corrected chi connectivity index (χ4v) is 4.56. The molecule has 32 heavy (non-hydrogen) atoms. The SMILES string of the molecule is CC(C)(C)c1cc(/C=C2\SC(=O)N(Cc3ccc(F)cc3Cl)C2=O)cc(C(C)(C)C)c1O. The highest BCUT2D eigenvalue weighted by atomic mass is 35.5. The maximum atomic E-state index is 13.3. The van der Waals surface area contributed by atoms with Crippen molar-refractivity contribution < 1.29 is 19.1 Å². The molecule has 0 atom stereocenters. The van der Waals surface area contributed by atoms with Crippen LogP contribution >= 0.6 is 23.4 Å². The maximum absolute atomic E-state index is 13.3. The monoisotopic (exact) mass is 475 g/mol. The van der Waals surface area contributed by atoms with Gasteiger partial charge in [-0.1, -0.05) is 59.2 Å². The molecule has 0 bridgehead atoms. The minimum absolute atomic E-state index is 0.0306. The Balaban J connectivity index is 2.00. The molecule has 1 aliphatic heterocycles. The minimum Gasteiger partial charge on any atom is -0.507 e. The molecule has 1 saturated heterocycles. The molecule has 3 rings (SSSR count). The number of aromatic hydroxyl groups is 1. The summed E-state index contributed by atoms with van der Waals surface area (Å²) < 4.78 is 13.3. The van der Waals surface area contributed by atoms with Gasteiger partial charge in [0.1, 0.15) is 11.6 Å². The Morgan fingerprint density at radius 3 is 2.09 bits per heavy atom. The van der Waals surface area contributed by atoms with Gasteiger partial charge in [0.15, 0.2) is 0 Å². The van der Waals surface area contributed by atoms with Gasteiger partial charge >= 0.3 is 0 Å². The van der Waals surface area contributed by atoms with Crippen LogP contribution in [-0.4, -0.2) is 21.2 Å². The highest BCUT2D eigenvalue weighted by Gasteiger charge is 2.36. The Kier molecular flexibility index (Phi) is 6.51. The van der Waals surface area contributed by atoms with Crippen molar-refractivity contribution in [2.24, 2.45) is 0 Å². The lowest BCUT2D eigenvalue weighted by atomic mass is 9.78. The number of carbonyl (C=O) groups excluding carboxylic acids is 2. The van der Waals surface area contributed by atoms with Gasteiger partial charge in [0.05, 0.1) is 11.4 Å². The summed E-state index contributed by atoms with van der Waals surface area (Å²) in [6.07, 6.45) is 1.68. The standard InChI is InChI=1S/C25H27ClFNO3S/c1-24(2,3)17-9-14(10-18(21(17)29)25(4,5)6)11-20-22(30)28(23(31)32-20)13-15-7-8-16(27)12-19(15)26/h7-12,29H,13H2,1-6H3/b20-11-. The van der Waals surface area contributed by atoms with Crippen LogP contribution in [0.2, 0.25) is 5.02 Å². The molecule has 2 amide bonds. The summed E-state index contributed by atoms with van der Waals surface area (Å²) in [6, 6.07) is 7.58. The van der Waals surface area contributed by atoms with Crippen LogP contribution in [0.15, 0.2) is 35.2 Å². The molecule has 7 heteroatoms. The van der Waals surface area contributed by atoms with E-state index in [2.05, 4.69) is 0 Å². The lowest BCUT2D eigenvalue weighted by Gasteiger charge is -2.28. The van der Waals surface area contributed by atoms with Crippen molar-refractivity contribution in [2.45, 2.75) is 58.9 Å². The van der Waals surface area contributed by atoms with E-state index in [-0.39, 0.29) is 28.1 Å². The third-order valence-corrected chi connectivity index (χ3v) is 6.52. The largest absolute Gasteiger partial charge is 0.507 e. The summed E-state index contributed by atoms with van der Waals surface area (Å²) in [5.41, 5.74) is 2.15. The Morgan fingerprint density at radius 1 is 1.03 bits per heavy atom. The molecule has 1 N–H and O–H groups in total. The van der Waals surface area contributed by atoms with E-state index in [0.717, 1.165) is 39.4 Å². The number of benzene rings is 2. The number of hydrogen-bond acceptors (Lipinski definition) is 4. The van der Waals surface area contributed by atoms with Crippen LogP contribution in [0, 0.1) is 5.82 Å². The van der Waals surface area contributed by atoms with E-state index < -0.39 is 17.0 Å². The zero-order valence-corrected chi connectivity index (χ0v) is 20.6. The predicted octanol–water partition coefficient (Wildman–Crippen LogP) is 7.02. The average molecular weight is 476 g/mol. The minimum atomic E-state index is -0.482. The second kappa shape index (κ2) is 8.56. The van der Waals surface area contributed by atoms with Crippen LogP contribution in [0.4, 0.5) is 9.18 Å². The number of thioether (sulfide) groups is 1. The molecule has 0 radical (unpaired) electrons. The molecule has 1 heterocycles. The summed E-state index contributed by atoms with van der Waals surface area (Å²) in [4.78, 5) is 26.9. The molecule has 0 aromatic heterocycles. The van der Waals surface area contributed by atoms with E-state index in [1.54, 1.807) is 6.08 Å². The van der Waals surface area contributed by atoms with E-state index in [0.29, 0.717) is 10.5 Å². The highest BCUT2D eigenvalue weighted by Crippen LogP contribution is 2.41. The second-order valence-corrected chi connectivity index (χ2v) is 11.4. The summed E-state index contributed by atoms with van der Waals surface area (Å²) in [5.74, 6) is -0.659. The molecule has 0 unspecified atom stereocenters. The van der Waals surface area contributed by atoms with Crippen LogP contribution in [0.5, 0.6) is 5.75 Å². The van der Waals surface area contributed by atoms with Gasteiger partial charge in [-0.15, -0.1) is 0 Å². The smallest absolute Gasteiger partial charge is 0.293 e. The fourth-order valence-electron chi connectivity index (χ4n) is 3.49. The molecule has 2 aromatic carbocycles. The number of halogens is 2. The number of rotatable bonds is 3. The number of imide groups is 1. The van der Waals surface area contributed by atoms with Crippen molar-refractivity contribution in [1.82, 2.24) is 4.90 Å². The van der Waals surface area contributed by atoms with Crippen molar-refractivity contribution in [3.8, 4) is 5.75 Å². The number of carbonyl (C=O) groups is 2. The van der Waals surface area contributed by atoms with Gasteiger partial charge in [0.25, 0.3) is 11.1 Å². The Bertz CT molecular complexity index is 1090. The number of phenols is 1. The Labute approximate surface area is 197 Å². The molecule has 170 valence electrons. The van der Waals surface area contributed by atoms with Gasteiger partial charge in [-0.2, -0.15) is 0 Å². The van der Waals surface area contributed by atoms with E-state index in [1.165, 1.54) is 12.1 Å². The van der Waals surface area contributed by atoms with Gasteiger partial charge in [-0.3, -0.25) is 14.5 Å². The summed E-state index contributed by atoms with van der Waals surface area (Å²) in [5, 5.41) is 10.7. The van der Waals surface area contributed by atoms with E-state index in [9.17, 15) is 19.1 Å². The molecule has 0 aliphatic carbocycles. The van der Waals surface area contributed by atoms with Crippen molar-refractivity contribution in [3.63, 3.8) is 0 Å². The second-order valence-electron chi connectivity index (χ2n) is 9.97. The van der Waals surface area contributed by atoms with Crippen molar-refractivity contribution >= 4 is 40.6 Å². The van der Waals surface area contributed by atoms with Gasteiger partial charge in [-0.25, -0.2) is 4.39 Å². The topological polar surface area (TPSA) is 57.6 Å². The molecule has 4 nitrogen and oxygen atoms in total. The quantitative estimate of drug-likeness (QED) is 0.485. The highest BCUT2D eigenvalue weighted by molar-refractivity contribution is 8.18. The number of nitrogens with zero attached hydrogens (tertiary/aromatic N) is 1. The fraction of sp³-hybridized carbons (Fsp3) is 0.360. The third-order valence-electron chi connectivity index (χ3n) is 5.26. The molecule has 0 spiro atoms. The first-order valence-corrected chi connectivity index (χ1v) is 11.4. The number of phenolic OH excluding ortho intramolecular Hbond substituents is 1. The normalized spacial score (nSPS) is 16.4. The average Bonchev–Trinajstić information content (AvgIpc) is 2.90. The predicted molar refractivity (Wildman–Crippen MR) is 128 cm³/mol. The van der Waals surface area contributed by atoms with E-state index >= 15 is 0 Å². The van der Waals surface area contributed by atoms with Crippen LogP contribution in [-0.2, 0) is 22.2 Å². The van der Waals surface area contributed by atoms with Gasteiger partial charge in [0, 0.05) is 16.1 Å². The summed E-state index contributed by atoms with van der Waals surface area (Å²) >= 11 is 6.92. The van der Waals surface area contributed by atoms with Crippen LogP contribution in [0.1, 0.15) is 63.8 Å². The molecule has 0 saturated carbocycles. The van der Waals surface area contributed by atoms with Crippen molar-refractivity contribution in [2.75, 3.05) is 0 Å². The molecule has 1 aliphatic rings.